The molecule has 0 bridgehead atoms. The van der Waals surface area contributed by atoms with Gasteiger partial charge in [0.25, 0.3) is 11.8 Å². The van der Waals surface area contributed by atoms with E-state index in [4.69, 9.17) is 4.74 Å². The molecule has 0 aliphatic carbocycles. The monoisotopic (exact) mass is 414 g/mol. The third kappa shape index (κ3) is 3.80. The van der Waals surface area contributed by atoms with Gasteiger partial charge in [-0.15, -0.1) is 0 Å². The number of fused-ring (bicyclic) bond motifs is 1. The lowest BCUT2D eigenvalue weighted by molar-refractivity contribution is -0.125. The molecule has 2 amide bonds. The Bertz CT molecular complexity index is 877. The van der Waals surface area contributed by atoms with E-state index in [1.165, 1.54) is 0 Å². The van der Waals surface area contributed by atoms with Crippen LogP contribution in [0.15, 0.2) is 59.1 Å². The summed E-state index contributed by atoms with van der Waals surface area (Å²) in [5.74, 6) is 0.246. The Morgan fingerprint density at radius 2 is 1.96 bits per heavy atom. The summed E-state index contributed by atoms with van der Waals surface area (Å²) in [5.41, 5.74) is 2.72. The van der Waals surface area contributed by atoms with Crippen molar-refractivity contribution in [3.05, 3.63) is 64.7 Å². The molecule has 0 aromatic heterocycles. The molecule has 1 unspecified atom stereocenters. The maximum atomic E-state index is 12.4. The fraction of sp³-hybridized carbons (Fsp3) is 0.200. The molecule has 5 nitrogen and oxygen atoms in total. The molecule has 2 aromatic carbocycles. The van der Waals surface area contributed by atoms with Gasteiger partial charge in [0.05, 0.1) is 5.69 Å². The first-order valence-electron chi connectivity index (χ1n) is 8.18. The highest BCUT2D eigenvalue weighted by molar-refractivity contribution is 9.10. The molecule has 0 saturated heterocycles. The number of carbonyl (C=O) groups is 2. The second-order valence-electron chi connectivity index (χ2n) is 6.29. The first kappa shape index (κ1) is 18.2. The van der Waals surface area contributed by atoms with Crippen molar-refractivity contribution >= 4 is 39.1 Å². The van der Waals surface area contributed by atoms with E-state index in [1.807, 2.05) is 19.1 Å². The summed E-state index contributed by atoms with van der Waals surface area (Å²) in [6, 6.07) is 12.4. The number of carbonyl (C=O) groups excluding carboxylic acids is 2. The van der Waals surface area contributed by atoms with Crippen LogP contribution in [0.3, 0.4) is 0 Å². The minimum atomic E-state index is -0.584. The number of anilines is 2. The number of amides is 2. The third-order valence-corrected chi connectivity index (χ3v) is 4.49. The zero-order valence-electron chi connectivity index (χ0n) is 14.6. The summed E-state index contributed by atoms with van der Waals surface area (Å²) in [6.07, 6.45) is -0.584. The summed E-state index contributed by atoms with van der Waals surface area (Å²) < 4.78 is 6.63. The zero-order chi connectivity index (χ0) is 18.8. The Morgan fingerprint density at radius 1 is 1.27 bits per heavy atom. The predicted molar refractivity (Wildman–Crippen MR) is 106 cm³/mol. The Hall–Kier alpha value is -2.60. The molecule has 26 heavy (non-hydrogen) atoms. The first-order valence-corrected chi connectivity index (χ1v) is 8.98. The standard InChI is InChI=1S/C20H19BrN2O3/c1-12(2)11-23-17-9-8-16(10-18(17)26-13(3)20(23)25)22-19(24)14-4-6-15(21)7-5-14/h4-10,13H,1,11H2,2-3H3,(H,22,24). The topological polar surface area (TPSA) is 58.6 Å². The molecule has 0 saturated carbocycles. The molecule has 1 heterocycles. The fourth-order valence-corrected chi connectivity index (χ4v) is 2.99. The van der Waals surface area contributed by atoms with E-state index in [2.05, 4.69) is 27.8 Å². The van der Waals surface area contributed by atoms with Gasteiger partial charge in [0.2, 0.25) is 0 Å². The van der Waals surface area contributed by atoms with Crippen LogP contribution in [-0.2, 0) is 4.79 Å². The quantitative estimate of drug-likeness (QED) is 0.754. The van der Waals surface area contributed by atoms with Crippen molar-refractivity contribution < 1.29 is 14.3 Å². The minimum absolute atomic E-state index is 0.104. The number of nitrogens with one attached hydrogen (secondary N) is 1. The molecule has 1 aliphatic rings. The van der Waals surface area contributed by atoms with E-state index in [-0.39, 0.29) is 11.8 Å². The van der Waals surface area contributed by atoms with Crippen LogP contribution in [0.5, 0.6) is 5.75 Å². The number of ether oxygens (including phenoxy) is 1. The lowest BCUT2D eigenvalue weighted by Gasteiger charge is -2.33. The van der Waals surface area contributed by atoms with Gasteiger partial charge >= 0.3 is 0 Å². The molecule has 0 radical (unpaired) electrons. The van der Waals surface area contributed by atoms with Gasteiger partial charge in [0.1, 0.15) is 5.75 Å². The van der Waals surface area contributed by atoms with Crippen molar-refractivity contribution in [2.24, 2.45) is 0 Å². The largest absolute Gasteiger partial charge is 0.479 e. The van der Waals surface area contributed by atoms with Crippen molar-refractivity contribution in [3.63, 3.8) is 0 Å². The highest BCUT2D eigenvalue weighted by atomic mass is 79.9. The predicted octanol–water partition coefficient (Wildman–Crippen LogP) is 4.39. The molecule has 0 spiro atoms. The normalized spacial score (nSPS) is 15.9. The van der Waals surface area contributed by atoms with E-state index < -0.39 is 6.10 Å². The second-order valence-corrected chi connectivity index (χ2v) is 7.20. The van der Waals surface area contributed by atoms with Crippen LogP contribution >= 0.6 is 15.9 Å². The van der Waals surface area contributed by atoms with Gasteiger partial charge in [-0.05, 0) is 50.2 Å². The van der Waals surface area contributed by atoms with Crippen LogP contribution in [-0.4, -0.2) is 24.5 Å². The molecular weight excluding hydrogens is 396 g/mol. The lowest BCUT2D eigenvalue weighted by Crippen LogP contribution is -2.45. The number of halogens is 1. The van der Waals surface area contributed by atoms with Crippen LogP contribution < -0.4 is 15.0 Å². The van der Waals surface area contributed by atoms with Gasteiger partial charge in [-0.2, -0.15) is 0 Å². The smallest absolute Gasteiger partial charge is 0.268 e. The number of benzene rings is 2. The zero-order valence-corrected chi connectivity index (χ0v) is 16.2. The molecular formula is C20H19BrN2O3. The van der Waals surface area contributed by atoms with Crippen LogP contribution in [0.2, 0.25) is 0 Å². The summed E-state index contributed by atoms with van der Waals surface area (Å²) in [7, 11) is 0. The second kappa shape index (κ2) is 7.33. The Kier molecular flexibility index (Phi) is 5.13. The molecule has 0 fully saturated rings. The summed E-state index contributed by atoms with van der Waals surface area (Å²) in [4.78, 5) is 26.4. The van der Waals surface area contributed by atoms with E-state index in [9.17, 15) is 9.59 Å². The lowest BCUT2D eigenvalue weighted by atomic mass is 10.1. The van der Waals surface area contributed by atoms with Crippen LogP contribution in [0.25, 0.3) is 0 Å². The molecule has 134 valence electrons. The van der Waals surface area contributed by atoms with Gasteiger partial charge in [-0.1, -0.05) is 28.1 Å². The maximum absolute atomic E-state index is 12.4. The molecule has 1 N–H and O–H groups in total. The average Bonchev–Trinajstić information content (AvgIpc) is 2.59. The van der Waals surface area contributed by atoms with Gasteiger partial charge in [-0.25, -0.2) is 0 Å². The van der Waals surface area contributed by atoms with Crippen molar-refractivity contribution in [2.75, 3.05) is 16.8 Å². The minimum Gasteiger partial charge on any atom is -0.479 e. The Labute approximate surface area is 160 Å². The van der Waals surface area contributed by atoms with Crippen molar-refractivity contribution in [2.45, 2.75) is 20.0 Å². The van der Waals surface area contributed by atoms with Gasteiger partial charge in [-0.3, -0.25) is 9.59 Å². The van der Waals surface area contributed by atoms with E-state index in [0.29, 0.717) is 29.2 Å². The van der Waals surface area contributed by atoms with Crippen LogP contribution in [0.4, 0.5) is 11.4 Å². The SMILES string of the molecule is C=C(C)CN1C(=O)C(C)Oc2cc(NC(=O)c3ccc(Br)cc3)ccc21. The molecule has 6 heteroatoms. The number of nitrogens with zero attached hydrogens (tertiary/aromatic N) is 1. The summed E-state index contributed by atoms with van der Waals surface area (Å²) in [6.45, 7) is 7.90. The van der Waals surface area contributed by atoms with Gasteiger partial charge < -0.3 is 15.0 Å². The van der Waals surface area contributed by atoms with Crippen molar-refractivity contribution in [3.8, 4) is 5.75 Å². The maximum Gasteiger partial charge on any atom is 0.268 e. The van der Waals surface area contributed by atoms with Crippen LogP contribution in [0, 0.1) is 0 Å². The van der Waals surface area contributed by atoms with Gasteiger partial charge in [0, 0.05) is 28.3 Å². The van der Waals surface area contributed by atoms with E-state index >= 15 is 0 Å². The summed E-state index contributed by atoms with van der Waals surface area (Å²) in [5, 5.41) is 2.85. The molecule has 2 aromatic rings. The summed E-state index contributed by atoms with van der Waals surface area (Å²) >= 11 is 3.35. The Morgan fingerprint density at radius 3 is 2.62 bits per heavy atom. The molecule has 1 atom stereocenters. The fourth-order valence-electron chi connectivity index (χ4n) is 2.73. The van der Waals surface area contributed by atoms with Crippen molar-refractivity contribution in [1.82, 2.24) is 0 Å². The molecule has 3 rings (SSSR count). The number of hydrogen-bond acceptors (Lipinski definition) is 3. The van der Waals surface area contributed by atoms with E-state index in [1.54, 1.807) is 42.2 Å². The van der Waals surface area contributed by atoms with E-state index in [0.717, 1.165) is 10.0 Å². The number of hydrogen-bond donors (Lipinski definition) is 1. The van der Waals surface area contributed by atoms with Crippen LogP contribution in [0.1, 0.15) is 24.2 Å². The highest BCUT2D eigenvalue weighted by Gasteiger charge is 2.31. The molecule has 1 aliphatic heterocycles. The van der Waals surface area contributed by atoms with Gasteiger partial charge in [0.15, 0.2) is 6.10 Å². The third-order valence-electron chi connectivity index (χ3n) is 3.96. The highest BCUT2D eigenvalue weighted by Crippen LogP contribution is 2.36. The average molecular weight is 415 g/mol. The Balaban J connectivity index is 1.85. The van der Waals surface area contributed by atoms with Crippen molar-refractivity contribution in [1.29, 1.82) is 0 Å². The number of rotatable bonds is 4. The first-order chi connectivity index (χ1) is 12.3.